The van der Waals surface area contributed by atoms with Crippen LogP contribution in [-0.2, 0) is 0 Å². The van der Waals surface area contributed by atoms with Crippen molar-refractivity contribution in [2.75, 3.05) is 0 Å². The lowest BCUT2D eigenvalue weighted by molar-refractivity contribution is 0.0967. The highest BCUT2D eigenvalue weighted by molar-refractivity contribution is 7.21. The number of hydrogen-bond donors (Lipinski definition) is 0. The molecule has 1 aliphatic rings. The smallest absolute Gasteiger partial charge is 0.239 e. The second-order valence-electron chi connectivity index (χ2n) is 6.27. The van der Waals surface area contributed by atoms with Gasteiger partial charge >= 0.3 is 0 Å². The van der Waals surface area contributed by atoms with Crippen LogP contribution in [-0.4, -0.2) is 11.6 Å². The number of ketones is 2. The van der Waals surface area contributed by atoms with Crippen LogP contribution in [0.25, 0.3) is 21.1 Å². The van der Waals surface area contributed by atoms with E-state index in [0.29, 0.717) is 21.6 Å². The Morgan fingerprint density at radius 3 is 2.33 bits per heavy atom. The molecule has 0 amide bonds. The number of furan rings is 1. The van der Waals surface area contributed by atoms with Crippen LogP contribution in [0, 0.1) is 13.8 Å². The molecular weight excluding hydrogens is 320 g/mol. The van der Waals surface area contributed by atoms with Crippen molar-refractivity contribution >= 4 is 44.0 Å². The minimum absolute atomic E-state index is 0.110. The van der Waals surface area contributed by atoms with Gasteiger partial charge in [0.2, 0.25) is 5.78 Å². The second kappa shape index (κ2) is 4.42. The lowest BCUT2D eigenvalue weighted by Gasteiger charge is -2.09. The lowest BCUT2D eigenvalue weighted by atomic mass is 9.90. The Morgan fingerprint density at radius 1 is 0.833 bits per heavy atom. The number of rotatable bonds is 0. The van der Waals surface area contributed by atoms with E-state index in [4.69, 9.17) is 4.42 Å². The van der Waals surface area contributed by atoms with Crippen LogP contribution in [0.15, 0.2) is 40.8 Å². The minimum atomic E-state index is -0.188. The van der Waals surface area contributed by atoms with Gasteiger partial charge in [0.1, 0.15) is 5.58 Å². The average molecular weight is 332 g/mol. The van der Waals surface area contributed by atoms with Crippen molar-refractivity contribution in [1.82, 2.24) is 0 Å². The minimum Gasteiger partial charge on any atom is -0.452 e. The number of fused-ring (bicyclic) bond motifs is 6. The zero-order valence-corrected chi connectivity index (χ0v) is 13.9. The van der Waals surface area contributed by atoms with Gasteiger partial charge in [-0.3, -0.25) is 9.59 Å². The van der Waals surface area contributed by atoms with Gasteiger partial charge in [-0.2, -0.15) is 0 Å². The summed E-state index contributed by atoms with van der Waals surface area (Å²) in [5, 5.41) is 1.59. The molecule has 24 heavy (non-hydrogen) atoms. The summed E-state index contributed by atoms with van der Waals surface area (Å²) in [6, 6.07) is 11.6. The van der Waals surface area contributed by atoms with Crippen LogP contribution in [0.3, 0.4) is 0 Å². The van der Waals surface area contributed by atoms with Gasteiger partial charge < -0.3 is 4.42 Å². The summed E-state index contributed by atoms with van der Waals surface area (Å²) in [4.78, 5) is 26.6. The predicted octanol–water partition coefficient (Wildman–Crippen LogP) is 5.04. The van der Waals surface area contributed by atoms with Crippen molar-refractivity contribution in [2.24, 2.45) is 0 Å². The van der Waals surface area contributed by atoms with Crippen molar-refractivity contribution in [2.45, 2.75) is 13.8 Å². The topological polar surface area (TPSA) is 47.3 Å². The van der Waals surface area contributed by atoms with E-state index in [1.807, 2.05) is 50.2 Å². The van der Waals surface area contributed by atoms with Gasteiger partial charge in [0, 0.05) is 15.5 Å². The van der Waals surface area contributed by atoms with E-state index < -0.39 is 0 Å². The molecule has 2 heterocycles. The number of hydrogen-bond acceptors (Lipinski definition) is 4. The Hall–Kier alpha value is -2.72. The second-order valence-corrected chi connectivity index (χ2v) is 7.32. The molecule has 0 unspecified atom stereocenters. The Balaban J connectivity index is 1.91. The molecule has 116 valence electrons. The van der Waals surface area contributed by atoms with E-state index in [2.05, 4.69) is 0 Å². The highest BCUT2D eigenvalue weighted by Gasteiger charge is 2.38. The molecule has 0 bridgehead atoms. The van der Waals surface area contributed by atoms with Crippen molar-refractivity contribution in [3.05, 3.63) is 69.3 Å². The van der Waals surface area contributed by atoms with Crippen molar-refractivity contribution in [3.63, 3.8) is 0 Å². The molecular formula is C20H12O3S. The van der Waals surface area contributed by atoms with Crippen LogP contribution in [0.5, 0.6) is 0 Å². The Kier molecular flexibility index (Phi) is 2.52. The fourth-order valence-corrected chi connectivity index (χ4v) is 4.54. The number of thiophene rings is 1. The van der Waals surface area contributed by atoms with Crippen LogP contribution >= 0.6 is 11.3 Å². The maximum absolute atomic E-state index is 13.2. The molecule has 5 rings (SSSR count). The normalized spacial score (nSPS) is 13.6. The molecule has 0 fully saturated rings. The largest absolute Gasteiger partial charge is 0.452 e. The van der Waals surface area contributed by atoms with E-state index in [0.717, 1.165) is 26.6 Å². The highest BCUT2D eigenvalue weighted by atomic mass is 32.1. The molecule has 4 aromatic rings. The lowest BCUT2D eigenvalue weighted by Crippen LogP contribution is -2.17. The molecule has 2 aromatic heterocycles. The third kappa shape index (κ3) is 1.61. The first kappa shape index (κ1) is 13.7. The summed E-state index contributed by atoms with van der Waals surface area (Å²) in [5.41, 5.74) is 3.63. The molecule has 0 radical (unpaired) electrons. The molecule has 0 saturated heterocycles. The molecule has 0 aliphatic heterocycles. The number of carbonyl (C=O) groups is 2. The zero-order chi connectivity index (χ0) is 16.6. The molecule has 3 nitrogen and oxygen atoms in total. The molecule has 0 spiro atoms. The molecule has 0 atom stereocenters. The first-order valence-electron chi connectivity index (χ1n) is 7.70. The number of benzene rings is 2. The standard InChI is InChI=1S/C20H12O3S/c1-9-3-5-13-11(7-9)15-17(21)16-12-8-10(2)4-6-14(12)24-20(16)18(22)19(15)23-13/h3-8H,1-2H3. The third-order valence-electron chi connectivity index (χ3n) is 4.55. The van der Waals surface area contributed by atoms with E-state index in [1.165, 1.54) is 11.3 Å². The maximum Gasteiger partial charge on any atom is 0.239 e. The predicted molar refractivity (Wildman–Crippen MR) is 94.4 cm³/mol. The van der Waals surface area contributed by atoms with E-state index in [1.54, 1.807) is 0 Å². The molecule has 1 aliphatic carbocycles. The van der Waals surface area contributed by atoms with Crippen molar-refractivity contribution in [3.8, 4) is 0 Å². The average Bonchev–Trinajstić information content (AvgIpc) is 3.11. The number of carbonyl (C=O) groups excluding carboxylic acids is 2. The summed E-state index contributed by atoms with van der Waals surface area (Å²) in [7, 11) is 0. The van der Waals surface area contributed by atoms with Crippen molar-refractivity contribution in [1.29, 1.82) is 0 Å². The van der Waals surface area contributed by atoms with Crippen LogP contribution in [0.1, 0.15) is 42.5 Å². The highest BCUT2D eigenvalue weighted by Crippen LogP contribution is 2.42. The SMILES string of the molecule is Cc1ccc2oc3c(c2c1)C(=O)c1c(sc2ccc(C)cc12)C3=O. The van der Waals surface area contributed by atoms with Gasteiger partial charge in [-0.1, -0.05) is 23.3 Å². The zero-order valence-electron chi connectivity index (χ0n) is 13.1. The van der Waals surface area contributed by atoms with E-state index in [9.17, 15) is 9.59 Å². The van der Waals surface area contributed by atoms with Gasteiger partial charge in [-0.25, -0.2) is 0 Å². The Labute approximate surface area is 141 Å². The monoisotopic (exact) mass is 332 g/mol. The molecule has 2 aromatic carbocycles. The summed E-state index contributed by atoms with van der Waals surface area (Å²) in [6.07, 6.45) is 0. The summed E-state index contributed by atoms with van der Waals surface area (Å²) < 4.78 is 6.70. The van der Waals surface area contributed by atoms with Gasteiger partial charge in [-0.05, 0) is 38.1 Å². The van der Waals surface area contributed by atoms with Crippen LogP contribution in [0.4, 0.5) is 0 Å². The summed E-state index contributed by atoms with van der Waals surface area (Å²) in [6.45, 7) is 3.95. The first-order chi connectivity index (χ1) is 11.5. The van der Waals surface area contributed by atoms with Crippen LogP contribution in [0.2, 0.25) is 0 Å². The molecule has 4 heteroatoms. The summed E-state index contributed by atoms with van der Waals surface area (Å²) in [5.74, 6) is -0.121. The first-order valence-corrected chi connectivity index (χ1v) is 8.52. The van der Waals surface area contributed by atoms with Crippen molar-refractivity contribution < 1.29 is 14.0 Å². The van der Waals surface area contributed by atoms with E-state index in [-0.39, 0.29) is 17.3 Å². The van der Waals surface area contributed by atoms with Gasteiger partial charge in [-0.15, -0.1) is 11.3 Å². The molecule has 0 saturated carbocycles. The Morgan fingerprint density at radius 2 is 1.54 bits per heavy atom. The Bertz CT molecular complexity index is 1110. The van der Waals surface area contributed by atoms with Gasteiger partial charge in [0.05, 0.1) is 16.0 Å². The quantitative estimate of drug-likeness (QED) is 0.399. The number of aryl methyl sites for hydroxylation is 2. The third-order valence-corrected chi connectivity index (χ3v) is 5.72. The molecule has 0 N–H and O–H groups in total. The maximum atomic E-state index is 13.2. The van der Waals surface area contributed by atoms with Crippen LogP contribution < -0.4 is 0 Å². The van der Waals surface area contributed by atoms with Gasteiger partial charge in [0.15, 0.2) is 11.5 Å². The van der Waals surface area contributed by atoms with Gasteiger partial charge in [0.25, 0.3) is 0 Å². The fourth-order valence-electron chi connectivity index (χ4n) is 3.42. The fraction of sp³-hybridized carbons (Fsp3) is 0.100. The summed E-state index contributed by atoms with van der Waals surface area (Å²) >= 11 is 1.37. The van der Waals surface area contributed by atoms with E-state index >= 15 is 0 Å².